The Bertz CT molecular complexity index is 665. The number of rotatable bonds is 6. The first-order valence-electron chi connectivity index (χ1n) is 6.35. The predicted molar refractivity (Wildman–Crippen MR) is 75.5 cm³/mol. The van der Waals surface area contributed by atoms with Crippen molar-refractivity contribution >= 4 is 12.0 Å². The van der Waals surface area contributed by atoms with Gasteiger partial charge in [0.2, 0.25) is 0 Å². The third-order valence-corrected chi connectivity index (χ3v) is 2.78. The zero-order chi connectivity index (χ0) is 15.2. The lowest BCUT2D eigenvalue weighted by molar-refractivity contribution is -0.131. The molecule has 0 fully saturated rings. The fourth-order valence-electron chi connectivity index (χ4n) is 1.79. The van der Waals surface area contributed by atoms with E-state index in [1.54, 1.807) is 16.9 Å². The van der Waals surface area contributed by atoms with Gasteiger partial charge < -0.3 is 9.84 Å². The number of aliphatic carboxylic acids is 1. The van der Waals surface area contributed by atoms with E-state index in [4.69, 9.17) is 9.84 Å². The van der Waals surface area contributed by atoms with Gasteiger partial charge >= 0.3 is 5.97 Å². The van der Waals surface area contributed by atoms with Gasteiger partial charge in [0.1, 0.15) is 0 Å². The second-order valence-corrected chi connectivity index (χ2v) is 4.48. The first kappa shape index (κ1) is 14.8. The summed E-state index contributed by atoms with van der Waals surface area (Å²) < 4.78 is 20.9. The highest BCUT2D eigenvalue weighted by molar-refractivity contribution is 5.85. The molecule has 1 N–H and O–H groups in total. The molecule has 1 aromatic heterocycles. The Kier molecular flexibility index (Phi) is 4.71. The molecule has 0 aliphatic rings. The number of carboxylic acids is 1. The number of benzene rings is 1. The van der Waals surface area contributed by atoms with Crippen LogP contribution in [0.2, 0.25) is 0 Å². The Hall–Kier alpha value is -2.63. The molecular weight excluding hydrogens is 275 g/mol. The van der Waals surface area contributed by atoms with E-state index in [1.807, 2.05) is 13.2 Å². The standard InChI is InChI=1S/C15H15FN2O3/c1-18-10-12(9-17-18)6-7-21-14-4-2-11(8-13(14)16)3-5-15(19)20/h2-5,8-10H,6-7H2,1H3,(H,19,20)/b5-3+. The van der Waals surface area contributed by atoms with Crippen molar-refractivity contribution in [1.29, 1.82) is 0 Å². The second kappa shape index (κ2) is 6.69. The van der Waals surface area contributed by atoms with Crippen molar-refractivity contribution in [3.63, 3.8) is 0 Å². The van der Waals surface area contributed by atoms with Crippen LogP contribution in [0, 0.1) is 5.82 Å². The summed E-state index contributed by atoms with van der Waals surface area (Å²) in [6.07, 6.45) is 6.52. The molecule has 110 valence electrons. The fraction of sp³-hybridized carbons (Fsp3) is 0.200. The number of aryl methyl sites for hydroxylation is 1. The van der Waals surface area contributed by atoms with Crippen molar-refractivity contribution in [2.45, 2.75) is 6.42 Å². The highest BCUT2D eigenvalue weighted by Gasteiger charge is 2.04. The van der Waals surface area contributed by atoms with Gasteiger partial charge in [0.25, 0.3) is 0 Å². The van der Waals surface area contributed by atoms with Crippen molar-refractivity contribution in [3.8, 4) is 5.75 Å². The minimum Gasteiger partial charge on any atom is -0.490 e. The van der Waals surface area contributed by atoms with Gasteiger partial charge in [0.15, 0.2) is 11.6 Å². The van der Waals surface area contributed by atoms with Gasteiger partial charge in [-0.15, -0.1) is 0 Å². The quantitative estimate of drug-likeness (QED) is 0.829. The van der Waals surface area contributed by atoms with E-state index in [9.17, 15) is 9.18 Å². The maximum atomic E-state index is 13.8. The first-order chi connectivity index (χ1) is 10.0. The Labute approximate surface area is 121 Å². The molecule has 21 heavy (non-hydrogen) atoms. The van der Waals surface area contributed by atoms with Crippen molar-refractivity contribution in [2.24, 2.45) is 7.05 Å². The summed E-state index contributed by atoms with van der Waals surface area (Å²) >= 11 is 0. The summed E-state index contributed by atoms with van der Waals surface area (Å²) in [7, 11) is 1.83. The fourth-order valence-corrected chi connectivity index (χ4v) is 1.79. The van der Waals surface area contributed by atoms with E-state index >= 15 is 0 Å². The average Bonchev–Trinajstić information content (AvgIpc) is 2.84. The molecule has 0 spiro atoms. The predicted octanol–water partition coefficient (Wildman–Crippen LogP) is 2.28. The lowest BCUT2D eigenvalue weighted by Crippen LogP contribution is -2.02. The third-order valence-electron chi connectivity index (χ3n) is 2.78. The van der Waals surface area contributed by atoms with Crippen LogP contribution < -0.4 is 4.74 Å². The molecule has 0 radical (unpaired) electrons. The van der Waals surface area contributed by atoms with Crippen LogP contribution in [0.3, 0.4) is 0 Å². The minimum absolute atomic E-state index is 0.145. The van der Waals surface area contributed by atoms with Gasteiger partial charge in [-0.2, -0.15) is 5.10 Å². The largest absolute Gasteiger partial charge is 0.490 e. The van der Waals surface area contributed by atoms with E-state index in [2.05, 4.69) is 5.10 Å². The topological polar surface area (TPSA) is 64.3 Å². The SMILES string of the molecule is Cn1cc(CCOc2ccc(/C=C/C(=O)O)cc2F)cn1. The van der Waals surface area contributed by atoms with Gasteiger partial charge in [-0.1, -0.05) is 6.07 Å². The number of nitrogens with zero attached hydrogens (tertiary/aromatic N) is 2. The molecule has 1 heterocycles. The molecule has 5 nitrogen and oxygen atoms in total. The van der Waals surface area contributed by atoms with Crippen LogP contribution in [-0.2, 0) is 18.3 Å². The molecule has 0 aliphatic heterocycles. The molecule has 0 aliphatic carbocycles. The summed E-state index contributed by atoms with van der Waals surface area (Å²) in [5.74, 6) is -1.45. The zero-order valence-corrected chi connectivity index (χ0v) is 11.5. The highest BCUT2D eigenvalue weighted by Crippen LogP contribution is 2.19. The van der Waals surface area contributed by atoms with Crippen LogP contribution in [0.5, 0.6) is 5.75 Å². The van der Waals surface area contributed by atoms with Gasteiger partial charge in [0, 0.05) is 25.7 Å². The maximum Gasteiger partial charge on any atom is 0.328 e. The van der Waals surface area contributed by atoms with Crippen molar-refractivity contribution in [3.05, 3.63) is 53.6 Å². The Morgan fingerprint density at radius 1 is 1.52 bits per heavy atom. The van der Waals surface area contributed by atoms with Gasteiger partial charge in [0.05, 0.1) is 12.8 Å². The molecule has 2 aromatic rings. The van der Waals surface area contributed by atoms with Crippen LogP contribution in [-0.4, -0.2) is 27.5 Å². The lowest BCUT2D eigenvalue weighted by atomic mass is 10.2. The van der Waals surface area contributed by atoms with E-state index in [0.717, 1.165) is 11.6 Å². The first-order valence-corrected chi connectivity index (χ1v) is 6.35. The molecule has 2 rings (SSSR count). The van der Waals surface area contributed by atoms with E-state index in [1.165, 1.54) is 18.2 Å². The number of aromatic nitrogens is 2. The third kappa shape index (κ3) is 4.45. The van der Waals surface area contributed by atoms with Crippen LogP contribution in [0.4, 0.5) is 4.39 Å². The van der Waals surface area contributed by atoms with E-state index in [-0.39, 0.29) is 5.75 Å². The van der Waals surface area contributed by atoms with Gasteiger partial charge in [-0.25, -0.2) is 9.18 Å². The molecule has 1 aromatic carbocycles. The normalized spacial score (nSPS) is 11.0. The molecule has 6 heteroatoms. The molecule has 0 atom stereocenters. The van der Waals surface area contributed by atoms with E-state index < -0.39 is 11.8 Å². The Morgan fingerprint density at radius 3 is 2.95 bits per heavy atom. The summed E-state index contributed by atoms with van der Waals surface area (Å²) in [4.78, 5) is 10.4. The van der Waals surface area contributed by atoms with Gasteiger partial charge in [-0.3, -0.25) is 4.68 Å². The zero-order valence-electron chi connectivity index (χ0n) is 11.5. The molecule has 0 amide bonds. The van der Waals surface area contributed by atoms with Crippen LogP contribution in [0.1, 0.15) is 11.1 Å². The maximum absolute atomic E-state index is 13.8. The van der Waals surface area contributed by atoms with Crippen molar-refractivity contribution in [2.75, 3.05) is 6.61 Å². The molecule has 0 unspecified atom stereocenters. The summed E-state index contributed by atoms with van der Waals surface area (Å²) in [5.41, 5.74) is 1.48. The van der Waals surface area contributed by atoms with E-state index in [0.29, 0.717) is 18.6 Å². The number of carbonyl (C=O) groups is 1. The van der Waals surface area contributed by atoms with Crippen LogP contribution in [0.15, 0.2) is 36.7 Å². The molecular formula is C15H15FN2O3. The highest BCUT2D eigenvalue weighted by atomic mass is 19.1. The smallest absolute Gasteiger partial charge is 0.328 e. The lowest BCUT2D eigenvalue weighted by Gasteiger charge is -2.07. The number of ether oxygens (including phenoxy) is 1. The summed E-state index contributed by atoms with van der Waals surface area (Å²) in [6.45, 7) is 0.340. The van der Waals surface area contributed by atoms with Gasteiger partial charge in [-0.05, 0) is 29.3 Å². The summed E-state index contributed by atoms with van der Waals surface area (Å²) in [6, 6.07) is 4.32. The minimum atomic E-state index is -1.08. The monoisotopic (exact) mass is 290 g/mol. The Balaban J connectivity index is 1.93. The molecule has 0 saturated carbocycles. The van der Waals surface area contributed by atoms with Crippen LogP contribution in [0.25, 0.3) is 6.08 Å². The van der Waals surface area contributed by atoms with Crippen LogP contribution >= 0.6 is 0 Å². The summed E-state index contributed by atoms with van der Waals surface area (Å²) in [5, 5.41) is 12.6. The number of hydrogen-bond donors (Lipinski definition) is 1. The number of halogens is 1. The van der Waals surface area contributed by atoms with Crippen molar-refractivity contribution in [1.82, 2.24) is 9.78 Å². The average molecular weight is 290 g/mol. The molecule has 0 bridgehead atoms. The van der Waals surface area contributed by atoms with Crippen molar-refractivity contribution < 1.29 is 19.0 Å². The number of hydrogen-bond acceptors (Lipinski definition) is 3. The second-order valence-electron chi connectivity index (χ2n) is 4.48. The number of carboxylic acid groups (broad SMARTS) is 1. The Morgan fingerprint density at radius 2 is 2.33 bits per heavy atom. The molecule has 0 saturated heterocycles.